The molecule has 1 aliphatic carbocycles. The summed E-state index contributed by atoms with van der Waals surface area (Å²) in [5, 5.41) is 3.95. The van der Waals surface area contributed by atoms with Gasteiger partial charge in [-0.05, 0) is 68.9 Å². The van der Waals surface area contributed by atoms with E-state index in [9.17, 15) is 13.2 Å². The predicted octanol–water partition coefficient (Wildman–Crippen LogP) is 2.90. The van der Waals surface area contributed by atoms with E-state index in [2.05, 4.69) is 10.2 Å². The molecule has 1 atom stereocenters. The fourth-order valence-corrected chi connectivity index (χ4v) is 6.18. The summed E-state index contributed by atoms with van der Waals surface area (Å²) >= 11 is 0. The van der Waals surface area contributed by atoms with E-state index in [0.29, 0.717) is 30.6 Å². The minimum atomic E-state index is -3.46. The number of hydrogen-bond donors (Lipinski definition) is 1. The molecule has 0 spiro atoms. The smallest absolute Gasteiger partial charge is 0.243 e. The second kappa shape index (κ2) is 8.39. The molecule has 166 valence electrons. The zero-order chi connectivity index (χ0) is 21.4. The summed E-state index contributed by atoms with van der Waals surface area (Å²) in [5.41, 5.74) is 0.777. The third kappa shape index (κ3) is 4.41. The van der Waals surface area contributed by atoms with Gasteiger partial charge >= 0.3 is 0 Å². The molecular weight excluding hydrogens is 412 g/mol. The Morgan fingerprint density at radius 3 is 2.55 bits per heavy atom. The maximum atomic E-state index is 13.0. The Kier molecular flexibility index (Phi) is 5.60. The highest BCUT2D eigenvalue weighted by molar-refractivity contribution is 7.89. The Balaban J connectivity index is 1.34. The van der Waals surface area contributed by atoms with Crippen molar-refractivity contribution in [3.63, 3.8) is 0 Å². The Morgan fingerprint density at radius 1 is 0.968 bits per heavy atom. The van der Waals surface area contributed by atoms with Crippen LogP contribution in [0.15, 0.2) is 35.2 Å². The molecule has 2 aromatic rings. The molecular formula is C23H30N4O3S. The van der Waals surface area contributed by atoms with E-state index in [0.717, 1.165) is 68.2 Å². The molecule has 1 saturated carbocycles. The van der Waals surface area contributed by atoms with Gasteiger partial charge in [-0.15, -0.1) is 0 Å². The van der Waals surface area contributed by atoms with Crippen LogP contribution in [0, 0.1) is 5.92 Å². The standard InChI is InChI=1S/C23H30N4O3S/c28-23(24-19-7-8-19)18-5-4-12-26(16-18)22-11-6-17-15-20(9-10-21(17)25-22)31(29,30)27-13-2-1-3-14-27/h6,9-11,15,18-19H,1-5,7-8,12-14,16H2,(H,24,28)/t18-/m0/s1. The van der Waals surface area contributed by atoms with Crippen LogP contribution < -0.4 is 10.2 Å². The van der Waals surface area contributed by atoms with E-state index in [1.54, 1.807) is 22.5 Å². The largest absolute Gasteiger partial charge is 0.356 e. The number of amides is 1. The Labute approximate surface area is 183 Å². The maximum absolute atomic E-state index is 13.0. The molecule has 2 aliphatic heterocycles. The number of pyridine rings is 1. The highest BCUT2D eigenvalue weighted by atomic mass is 32.2. The van der Waals surface area contributed by atoms with Crippen molar-refractivity contribution in [2.24, 2.45) is 5.92 Å². The zero-order valence-electron chi connectivity index (χ0n) is 17.8. The van der Waals surface area contributed by atoms with E-state index in [4.69, 9.17) is 4.98 Å². The van der Waals surface area contributed by atoms with E-state index in [1.807, 2.05) is 12.1 Å². The summed E-state index contributed by atoms with van der Waals surface area (Å²) in [6.07, 6.45) is 7.03. The number of benzene rings is 1. The molecule has 1 aromatic carbocycles. The van der Waals surface area contributed by atoms with Crippen molar-refractivity contribution in [1.82, 2.24) is 14.6 Å². The SMILES string of the molecule is O=C(NC1CC1)[C@H]1CCCN(c2ccc3cc(S(=O)(=O)N4CCCCC4)ccc3n2)C1. The van der Waals surface area contributed by atoms with Gasteiger partial charge in [0.1, 0.15) is 5.82 Å². The van der Waals surface area contributed by atoms with Crippen molar-refractivity contribution in [2.75, 3.05) is 31.1 Å². The molecule has 31 heavy (non-hydrogen) atoms. The first-order valence-electron chi connectivity index (χ1n) is 11.5. The summed E-state index contributed by atoms with van der Waals surface area (Å²) in [6, 6.07) is 9.49. The Bertz CT molecular complexity index is 1080. The normalized spacial score (nSPS) is 23.1. The number of rotatable bonds is 5. The molecule has 2 saturated heterocycles. The second-order valence-corrected chi connectivity index (χ2v) is 11.0. The molecule has 0 unspecified atom stereocenters. The van der Waals surface area contributed by atoms with Crippen LogP contribution in [-0.2, 0) is 14.8 Å². The van der Waals surface area contributed by atoms with Crippen LogP contribution in [0.4, 0.5) is 5.82 Å². The Morgan fingerprint density at radius 2 is 1.77 bits per heavy atom. The number of carbonyl (C=O) groups is 1. The van der Waals surface area contributed by atoms with Crippen LogP contribution in [-0.4, -0.2) is 55.8 Å². The van der Waals surface area contributed by atoms with E-state index < -0.39 is 10.0 Å². The zero-order valence-corrected chi connectivity index (χ0v) is 18.6. The number of carbonyl (C=O) groups excluding carboxylic acids is 1. The molecule has 1 N–H and O–H groups in total. The second-order valence-electron chi connectivity index (χ2n) is 9.06. The van der Waals surface area contributed by atoms with Crippen LogP contribution in [0.5, 0.6) is 0 Å². The quantitative estimate of drug-likeness (QED) is 0.770. The molecule has 7 nitrogen and oxygen atoms in total. The van der Waals surface area contributed by atoms with Crippen molar-refractivity contribution in [3.8, 4) is 0 Å². The maximum Gasteiger partial charge on any atom is 0.243 e. The van der Waals surface area contributed by atoms with Gasteiger partial charge in [0, 0.05) is 37.6 Å². The van der Waals surface area contributed by atoms with Gasteiger partial charge in [-0.2, -0.15) is 4.31 Å². The molecule has 5 rings (SSSR count). The molecule has 0 bridgehead atoms. The molecule has 1 amide bonds. The van der Waals surface area contributed by atoms with Gasteiger partial charge in [-0.25, -0.2) is 13.4 Å². The summed E-state index contributed by atoms with van der Waals surface area (Å²) in [7, 11) is -3.46. The summed E-state index contributed by atoms with van der Waals surface area (Å²) in [5.74, 6) is 1.02. The van der Waals surface area contributed by atoms with Gasteiger partial charge in [-0.1, -0.05) is 6.42 Å². The number of nitrogens with one attached hydrogen (secondary N) is 1. The average molecular weight is 443 g/mol. The van der Waals surface area contributed by atoms with Gasteiger partial charge in [0.05, 0.1) is 16.3 Å². The number of fused-ring (bicyclic) bond motifs is 1. The lowest BCUT2D eigenvalue weighted by Gasteiger charge is -2.33. The van der Waals surface area contributed by atoms with Gasteiger partial charge in [0.15, 0.2) is 0 Å². The van der Waals surface area contributed by atoms with Crippen molar-refractivity contribution >= 4 is 32.7 Å². The average Bonchev–Trinajstić information content (AvgIpc) is 3.63. The Hall–Kier alpha value is -2.19. The predicted molar refractivity (Wildman–Crippen MR) is 120 cm³/mol. The first-order valence-corrected chi connectivity index (χ1v) is 12.9. The number of aromatic nitrogens is 1. The topological polar surface area (TPSA) is 82.6 Å². The number of hydrogen-bond acceptors (Lipinski definition) is 5. The van der Waals surface area contributed by atoms with Crippen molar-refractivity contribution < 1.29 is 13.2 Å². The summed E-state index contributed by atoms with van der Waals surface area (Å²) in [4.78, 5) is 19.8. The van der Waals surface area contributed by atoms with Crippen LogP contribution in [0.1, 0.15) is 44.9 Å². The minimum Gasteiger partial charge on any atom is -0.356 e. The highest BCUT2D eigenvalue weighted by Crippen LogP contribution is 2.28. The van der Waals surface area contributed by atoms with Gasteiger partial charge < -0.3 is 10.2 Å². The van der Waals surface area contributed by atoms with E-state index in [1.165, 1.54) is 0 Å². The first kappa shape index (κ1) is 20.7. The molecule has 3 fully saturated rings. The third-order valence-corrected chi connectivity index (χ3v) is 8.53. The third-order valence-electron chi connectivity index (χ3n) is 6.64. The number of piperidine rings is 2. The number of nitrogens with zero attached hydrogens (tertiary/aromatic N) is 3. The van der Waals surface area contributed by atoms with Crippen LogP contribution in [0.2, 0.25) is 0 Å². The van der Waals surface area contributed by atoms with Crippen molar-refractivity contribution in [3.05, 3.63) is 30.3 Å². The highest BCUT2D eigenvalue weighted by Gasteiger charge is 2.31. The lowest BCUT2D eigenvalue weighted by Crippen LogP contribution is -2.43. The van der Waals surface area contributed by atoms with Gasteiger partial charge in [0.2, 0.25) is 15.9 Å². The summed E-state index contributed by atoms with van der Waals surface area (Å²) in [6.45, 7) is 2.76. The molecule has 0 radical (unpaired) electrons. The van der Waals surface area contributed by atoms with Crippen LogP contribution in [0.3, 0.4) is 0 Å². The number of sulfonamides is 1. The number of anilines is 1. The molecule has 1 aromatic heterocycles. The monoisotopic (exact) mass is 442 g/mol. The van der Waals surface area contributed by atoms with E-state index >= 15 is 0 Å². The van der Waals surface area contributed by atoms with Crippen molar-refractivity contribution in [2.45, 2.75) is 55.9 Å². The molecule has 3 aliphatic rings. The lowest BCUT2D eigenvalue weighted by molar-refractivity contribution is -0.125. The minimum absolute atomic E-state index is 0.00362. The van der Waals surface area contributed by atoms with Gasteiger partial charge in [-0.3, -0.25) is 4.79 Å². The van der Waals surface area contributed by atoms with Crippen molar-refractivity contribution in [1.29, 1.82) is 0 Å². The van der Waals surface area contributed by atoms with E-state index in [-0.39, 0.29) is 11.8 Å². The lowest BCUT2D eigenvalue weighted by atomic mass is 9.97. The first-order chi connectivity index (χ1) is 15.0. The fourth-order valence-electron chi connectivity index (χ4n) is 4.63. The van der Waals surface area contributed by atoms with Gasteiger partial charge in [0.25, 0.3) is 0 Å². The fraction of sp³-hybridized carbons (Fsp3) is 0.565. The molecule has 8 heteroatoms. The molecule has 3 heterocycles. The van der Waals surface area contributed by atoms with Crippen LogP contribution >= 0.6 is 0 Å². The van der Waals surface area contributed by atoms with Crippen LogP contribution in [0.25, 0.3) is 10.9 Å². The summed E-state index contributed by atoms with van der Waals surface area (Å²) < 4.78 is 27.6.